The first-order valence-electron chi connectivity index (χ1n) is 4.18. The SMILES string of the molecule is O=Cc1cnoc1Cc1cccnc1. The smallest absolute Gasteiger partial charge is 0.155 e. The lowest BCUT2D eigenvalue weighted by Crippen LogP contribution is -1.90. The molecule has 0 aliphatic carbocycles. The van der Waals surface area contributed by atoms with Crippen LogP contribution in [0.2, 0.25) is 0 Å². The van der Waals surface area contributed by atoms with E-state index in [9.17, 15) is 4.79 Å². The van der Waals surface area contributed by atoms with E-state index in [4.69, 9.17) is 4.52 Å². The van der Waals surface area contributed by atoms with Gasteiger partial charge in [0.15, 0.2) is 12.0 Å². The van der Waals surface area contributed by atoms with Crippen LogP contribution in [-0.4, -0.2) is 16.4 Å². The van der Waals surface area contributed by atoms with Gasteiger partial charge in [-0.15, -0.1) is 0 Å². The van der Waals surface area contributed by atoms with Crippen molar-refractivity contribution in [3.63, 3.8) is 0 Å². The molecule has 0 saturated heterocycles. The van der Waals surface area contributed by atoms with E-state index < -0.39 is 0 Å². The van der Waals surface area contributed by atoms with Crippen molar-refractivity contribution >= 4 is 6.29 Å². The van der Waals surface area contributed by atoms with Crippen LogP contribution in [0.5, 0.6) is 0 Å². The molecule has 4 nitrogen and oxygen atoms in total. The minimum Gasteiger partial charge on any atom is -0.360 e. The molecule has 0 radical (unpaired) electrons. The van der Waals surface area contributed by atoms with Gasteiger partial charge >= 0.3 is 0 Å². The second kappa shape index (κ2) is 3.83. The van der Waals surface area contributed by atoms with Crippen LogP contribution in [0.15, 0.2) is 35.2 Å². The van der Waals surface area contributed by atoms with Gasteiger partial charge in [-0.05, 0) is 11.6 Å². The molecule has 2 aromatic heterocycles. The number of aromatic nitrogens is 2. The highest BCUT2D eigenvalue weighted by Crippen LogP contribution is 2.11. The molecule has 2 rings (SSSR count). The summed E-state index contributed by atoms with van der Waals surface area (Å²) in [5, 5.41) is 3.56. The van der Waals surface area contributed by atoms with Crippen molar-refractivity contribution in [1.82, 2.24) is 10.1 Å². The third-order valence-corrected chi connectivity index (χ3v) is 1.89. The van der Waals surface area contributed by atoms with Gasteiger partial charge in [-0.3, -0.25) is 9.78 Å². The summed E-state index contributed by atoms with van der Waals surface area (Å²) in [7, 11) is 0. The highest BCUT2D eigenvalue weighted by molar-refractivity contribution is 5.75. The van der Waals surface area contributed by atoms with E-state index in [2.05, 4.69) is 10.1 Å². The van der Waals surface area contributed by atoms with Gasteiger partial charge in [0.05, 0.1) is 11.8 Å². The minimum absolute atomic E-state index is 0.494. The second-order valence-corrected chi connectivity index (χ2v) is 2.86. The Bertz CT molecular complexity index is 423. The molecule has 0 fully saturated rings. The first kappa shape index (κ1) is 8.62. The molecule has 0 aromatic carbocycles. The lowest BCUT2D eigenvalue weighted by Gasteiger charge is -1.95. The third kappa shape index (κ3) is 1.69. The van der Waals surface area contributed by atoms with Gasteiger partial charge in [-0.1, -0.05) is 11.2 Å². The summed E-state index contributed by atoms with van der Waals surface area (Å²) in [6.45, 7) is 0. The Morgan fingerprint density at radius 2 is 2.36 bits per heavy atom. The third-order valence-electron chi connectivity index (χ3n) is 1.89. The highest BCUT2D eigenvalue weighted by Gasteiger charge is 2.07. The molecule has 0 atom stereocenters. The molecule has 2 aromatic rings. The average molecular weight is 188 g/mol. The molecule has 70 valence electrons. The van der Waals surface area contributed by atoms with E-state index in [0.29, 0.717) is 17.7 Å². The predicted octanol–water partition coefficient (Wildman–Crippen LogP) is 1.47. The van der Waals surface area contributed by atoms with Crippen LogP contribution < -0.4 is 0 Å². The summed E-state index contributed by atoms with van der Waals surface area (Å²) in [6.07, 6.45) is 6.13. The van der Waals surface area contributed by atoms with Crippen LogP contribution >= 0.6 is 0 Å². The van der Waals surface area contributed by atoms with Crippen molar-refractivity contribution in [2.75, 3.05) is 0 Å². The fourth-order valence-corrected chi connectivity index (χ4v) is 1.19. The predicted molar refractivity (Wildman–Crippen MR) is 48.9 cm³/mol. The molecule has 4 heteroatoms. The van der Waals surface area contributed by atoms with E-state index in [1.54, 1.807) is 12.4 Å². The monoisotopic (exact) mass is 188 g/mol. The molecule has 14 heavy (non-hydrogen) atoms. The Hall–Kier alpha value is -1.97. The quantitative estimate of drug-likeness (QED) is 0.684. The molecular weight excluding hydrogens is 180 g/mol. The number of rotatable bonds is 3. The van der Waals surface area contributed by atoms with Crippen LogP contribution in [0.1, 0.15) is 21.7 Å². The zero-order valence-electron chi connectivity index (χ0n) is 7.38. The number of carbonyl (C=O) groups is 1. The molecule has 0 unspecified atom stereocenters. The summed E-state index contributed by atoms with van der Waals surface area (Å²) >= 11 is 0. The van der Waals surface area contributed by atoms with Gasteiger partial charge in [0.2, 0.25) is 0 Å². The topological polar surface area (TPSA) is 56.0 Å². The van der Waals surface area contributed by atoms with Crippen LogP contribution in [0, 0.1) is 0 Å². The Kier molecular flexibility index (Phi) is 2.36. The summed E-state index contributed by atoms with van der Waals surface area (Å²) in [5.74, 6) is 0.577. The highest BCUT2D eigenvalue weighted by atomic mass is 16.5. The van der Waals surface area contributed by atoms with Crippen molar-refractivity contribution in [2.45, 2.75) is 6.42 Å². The van der Waals surface area contributed by atoms with Gasteiger partial charge in [0, 0.05) is 18.8 Å². The number of carbonyl (C=O) groups excluding carboxylic acids is 1. The molecule has 0 N–H and O–H groups in total. The van der Waals surface area contributed by atoms with Gasteiger partial charge in [-0.2, -0.15) is 0 Å². The van der Waals surface area contributed by atoms with Gasteiger partial charge in [0.25, 0.3) is 0 Å². The largest absolute Gasteiger partial charge is 0.360 e. The molecule has 0 aliphatic heterocycles. The maximum absolute atomic E-state index is 10.6. The van der Waals surface area contributed by atoms with E-state index in [1.807, 2.05) is 12.1 Å². The van der Waals surface area contributed by atoms with Crippen molar-refractivity contribution < 1.29 is 9.32 Å². The standard InChI is InChI=1S/C10H8N2O2/c13-7-9-6-12-14-10(9)4-8-2-1-3-11-5-8/h1-3,5-7H,4H2. The van der Waals surface area contributed by atoms with E-state index in [0.717, 1.165) is 11.8 Å². The molecule has 0 spiro atoms. The molecule has 0 bridgehead atoms. The van der Waals surface area contributed by atoms with Crippen LogP contribution in [0.3, 0.4) is 0 Å². The van der Waals surface area contributed by atoms with Crippen molar-refractivity contribution in [3.05, 3.63) is 47.6 Å². The Balaban J connectivity index is 2.23. The number of pyridine rings is 1. The van der Waals surface area contributed by atoms with Crippen molar-refractivity contribution in [2.24, 2.45) is 0 Å². The fourth-order valence-electron chi connectivity index (χ4n) is 1.19. The minimum atomic E-state index is 0.494. The lowest BCUT2D eigenvalue weighted by molar-refractivity contribution is 0.112. The van der Waals surface area contributed by atoms with Crippen LogP contribution in [0.4, 0.5) is 0 Å². The zero-order valence-corrected chi connectivity index (χ0v) is 7.38. The first-order chi connectivity index (χ1) is 6.90. The average Bonchev–Trinajstić information content (AvgIpc) is 2.67. The molecule has 0 saturated carbocycles. The first-order valence-corrected chi connectivity index (χ1v) is 4.18. The van der Waals surface area contributed by atoms with Crippen LogP contribution in [-0.2, 0) is 6.42 Å². The van der Waals surface area contributed by atoms with E-state index >= 15 is 0 Å². The Morgan fingerprint density at radius 3 is 3.07 bits per heavy atom. The summed E-state index contributed by atoms with van der Waals surface area (Å²) in [6, 6.07) is 3.76. The number of hydrogen-bond acceptors (Lipinski definition) is 4. The summed E-state index contributed by atoms with van der Waals surface area (Å²) in [4.78, 5) is 14.5. The number of nitrogens with zero attached hydrogens (tertiary/aromatic N) is 2. The molecule has 0 amide bonds. The number of hydrogen-bond donors (Lipinski definition) is 0. The summed E-state index contributed by atoms with van der Waals surface area (Å²) < 4.78 is 4.95. The van der Waals surface area contributed by atoms with Gasteiger partial charge in [0.1, 0.15) is 0 Å². The number of aldehydes is 1. The van der Waals surface area contributed by atoms with E-state index in [-0.39, 0.29) is 0 Å². The van der Waals surface area contributed by atoms with Crippen molar-refractivity contribution in [1.29, 1.82) is 0 Å². The van der Waals surface area contributed by atoms with E-state index in [1.165, 1.54) is 6.20 Å². The van der Waals surface area contributed by atoms with Gasteiger partial charge < -0.3 is 4.52 Å². The normalized spacial score (nSPS) is 10.0. The van der Waals surface area contributed by atoms with Crippen LogP contribution in [0.25, 0.3) is 0 Å². The maximum atomic E-state index is 10.6. The molecule has 2 heterocycles. The molecular formula is C10H8N2O2. The van der Waals surface area contributed by atoms with Gasteiger partial charge in [-0.25, -0.2) is 0 Å². The fraction of sp³-hybridized carbons (Fsp3) is 0.100. The maximum Gasteiger partial charge on any atom is 0.155 e. The zero-order chi connectivity index (χ0) is 9.80. The summed E-state index contributed by atoms with van der Waals surface area (Å²) in [5.41, 5.74) is 1.49. The van der Waals surface area contributed by atoms with Crippen molar-refractivity contribution in [3.8, 4) is 0 Å². The Labute approximate surface area is 80.6 Å². The lowest BCUT2D eigenvalue weighted by atomic mass is 10.1. The second-order valence-electron chi connectivity index (χ2n) is 2.86. The molecule has 0 aliphatic rings. The Morgan fingerprint density at radius 1 is 1.43 bits per heavy atom.